The van der Waals surface area contributed by atoms with Gasteiger partial charge in [0.2, 0.25) is 0 Å². The summed E-state index contributed by atoms with van der Waals surface area (Å²) in [7, 11) is 2.27. The molecule has 3 heterocycles. The minimum absolute atomic E-state index is 0.692. The Hall–Kier alpha value is -1.39. The SMILES string of the molecule is C[C@H]1CC=C(c2ccc3sc(C4C[C@@H]5CN(C)C[C@@H]5C4)nc3c2)NC1. The Morgan fingerprint density at radius 2 is 2.00 bits per heavy atom. The molecule has 1 unspecified atom stereocenters. The van der Waals surface area contributed by atoms with E-state index in [2.05, 4.69) is 48.5 Å². The lowest BCUT2D eigenvalue weighted by atomic mass is 10.0. The fourth-order valence-electron chi connectivity index (χ4n) is 5.00. The highest BCUT2D eigenvalue weighted by atomic mass is 32.1. The first-order valence-electron chi connectivity index (χ1n) is 9.69. The molecule has 1 saturated carbocycles. The van der Waals surface area contributed by atoms with Crippen LogP contribution in [0.5, 0.6) is 0 Å². The minimum Gasteiger partial charge on any atom is -0.385 e. The molecule has 25 heavy (non-hydrogen) atoms. The number of thiazole rings is 1. The minimum atomic E-state index is 0.692. The Morgan fingerprint density at radius 1 is 1.20 bits per heavy atom. The molecule has 2 fully saturated rings. The normalized spacial score (nSPS) is 32.6. The number of benzene rings is 1. The van der Waals surface area contributed by atoms with E-state index in [1.807, 2.05) is 11.3 Å². The third-order valence-corrected chi connectivity index (χ3v) is 7.56. The highest BCUT2D eigenvalue weighted by Gasteiger charge is 2.41. The lowest BCUT2D eigenvalue weighted by Crippen LogP contribution is -2.23. The molecule has 1 aromatic carbocycles. The van der Waals surface area contributed by atoms with E-state index < -0.39 is 0 Å². The van der Waals surface area contributed by atoms with Crippen molar-refractivity contribution in [1.82, 2.24) is 15.2 Å². The molecular formula is C21H27N3S. The molecule has 1 aromatic heterocycles. The summed E-state index contributed by atoms with van der Waals surface area (Å²) in [6.45, 7) is 5.94. The van der Waals surface area contributed by atoms with Crippen molar-refractivity contribution in [3.05, 3.63) is 34.8 Å². The average molecular weight is 354 g/mol. The van der Waals surface area contributed by atoms with E-state index >= 15 is 0 Å². The predicted molar refractivity (Wildman–Crippen MR) is 106 cm³/mol. The first-order chi connectivity index (χ1) is 12.2. The van der Waals surface area contributed by atoms with Gasteiger partial charge < -0.3 is 10.2 Å². The second kappa shape index (κ2) is 6.10. The van der Waals surface area contributed by atoms with Gasteiger partial charge in [-0.2, -0.15) is 0 Å². The van der Waals surface area contributed by atoms with Gasteiger partial charge in [0.05, 0.1) is 15.2 Å². The van der Waals surface area contributed by atoms with Crippen LogP contribution in [0, 0.1) is 17.8 Å². The van der Waals surface area contributed by atoms with Crippen molar-refractivity contribution in [3.63, 3.8) is 0 Å². The van der Waals surface area contributed by atoms with E-state index in [0.717, 1.165) is 24.3 Å². The number of fused-ring (bicyclic) bond motifs is 2. The quantitative estimate of drug-likeness (QED) is 0.871. The molecule has 1 aliphatic carbocycles. The molecule has 4 atom stereocenters. The maximum absolute atomic E-state index is 5.06. The van der Waals surface area contributed by atoms with Crippen LogP contribution in [-0.4, -0.2) is 36.6 Å². The van der Waals surface area contributed by atoms with Gasteiger partial charge in [0.15, 0.2) is 0 Å². The third-order valence-electron chi connectivity index (χ3n) is 6.36. The van der Waals surface area contributed by atoms with Gasteiger partial charge in [-0.1, -0.05) is 19.1 Å². The highest BCUT2D eigenvalue weighted by molar-refractivity contribution is 7.18. The second-order valence-corrected chi connectivity index (χ2v) is 9.55. The Labute approximate surface area is 154 Å². The maximum atomic E-state index is 5.06. The van der Waals surface area contributed by atoms with Gasteiger partial charge in [0.25, 0.3) is 0 Å². The largest absolute Gasteiger partial charge is 0.385 e. The number of allylic oxidation sites excluding steroid dienone is 1. The molecule has 3 nitrogen and oxygen atoms in total. The van der Waals surface area contributed by atoms with Crippen LogP contribution in [-0.2, 0) is 0 Å². The van der Waals surface area contributed by atoms with Crippen LogP contribution in [0.1, 0.15) is 42.7 Å². The zero-order chi connectivity index (χ0) is 17.0. The van der Waals surface area contributed by atoms with Crippen LogP contribution in [0.2, 0.25) is 0 Å². The molecule has 0 bridgehead atoms. The van der Waals surface area contributed by atoms with Gasteiger partial charge in [0.1, 0.15) is 0 Å². The summed E-state index contributed by atoms with van der Waals surface area (Å²) >= 11 is 1.93. The molecule has 0 radical (unpaired) electrons. The van der Waals surface area contributed by atoms with Crippen molar-refractivity contribution in [2.24, 2.45) is 17.8 Å². The van der Waals surface area contributed by atoms with E-state index in [-0.39, 0.29) is 0 Å². The predicted octanol–water partition coefficient (Wildman–Crippen LogP) is 4.32. The fraction of sp³-hybridized carbons (Fsp3) is 0.571. The Morgan fingerprint density at radius 3 is 2.72 bits per heavy atom. The molecule has 0 amide bonds. The van der Waals surface area contributed by atoms with Gasteiger partial charge in [0, 0.05) is 31.2 Å². The van der Waals surface area contributed by atoms with Crippen LogP contribution >= 0.6 is 11.3 Å². The van der Waals surface area contributed by atoms with Crippen LogP contribution < -0.4 is 5.32 Å². The Balaban J connectivity index is 1.39. The summed E-state index contributed by atoms with van der Waals surface area (Å²) in [6, 6.07) is 6.82. The maximum Gasteiger partial charge on any atom is 0.0969 e. The molecule has 2 aliphatic heterocycles. The summed E-state index contributed by atoms with van der Waals surface area (Å²) in [6.07, 6.45) is 6.19. The molecule has 1 N–H and O–H groups in total. The van der Waals surface area contributed by atoms with E-state index in [4.69, 9.17) is 4.98 Å². The zero-order valence-electron chi connectivity index (χ0n) is 15.2. The number of aromatic nitrogens is 1. The second-order valence-electron chi connectivity index (χ2n) is 8.48. The summed E-state index contributed by atoms with van der Waals surface area (Å²) in [4.78, 5) is 7.56. The first-order valence-corrected chi connectivity index (χ1v) is 10.5. The Bertz CT molecular complexity index is 810. The fourth-order valence-corrected chi connectivity index (χ4v) is 6.08. The van der Waals surface area contributed by atoms with E-state index in [0.29, 0.717) is 5.92 Å². The number of nitrogens with one attached hydrogen (secondary N) is 1. The zero-order valence-corrected chi connectivity index (χ0v) is 16.0. The van der Waals surface area contributed by atoms with Crippen LogP contribution in [0.4, 0.5) is 0 Å². The van der Waals surface area contributed by atoms with Gasteiger partial charge in [-0.25, -0.2) is 4.98 Å². The van der Waals surface area contributed by atoms with Crippen molar-refractivity contribution in [3.8, 4) is 0 Å². The summed E-state index contributed by atoms with van der Waals surface area (Å²) in [5.41, 5.74) is 3.77. The number of hydrogen-bond donors (Lipinski definition) is 1. The third kappa shape index (κ3) is 2.89. The molecular weight excluding hydrogens is 326 g/mol. The molecule has 2 aromatic rings. The van der Waals surface area contributed by atoms with Gasteiger partial charge >= 0.3 is 0 Å². The van der Waals surface area contributed by atoms with Crippen molar-refractivity contribution in [2.45, 2.75) is 32.1 Å². The van der Waals surface area contributed by atoms with Crippen molar-refractivity contribution >= 4 is 27.3 Å². The molecule has 3 aliphatic rings. The topological polar surface area (TPSA) is 28.2 Å². The standard InChI is InChI=1S/C21H27N3S/c1-13-3-5-18(22-10-13)14-4-6-20-19(9-14)23-21(25-20)15-7-16-11-24(2)12-17(16)8-15/h4-6,9,13,15-17,22H,3,7-8,10-12H2,1-2H3/t13-,15?,16-,17+/m0/s1. The van der Waals surface area contributed by atoms with Crippen molar-refractivity contribution in [1.29, 1.82) is 0 Å². The monoisotopic (exact) mass is 353 g/mol. The number of rotatable bonds is 2. The van der Waals surface area contributed by atoms with Gasteiger partial charge in [-0.3, -0.25) is 0 Å². The molecule has 0 spiro atoms. The highest BCUT2D eigenvalue weighted by Crippen LogP contribution is 2.47. The van der Waals surface area contributed by atoms with E-state index in [1.54, 1.807) is 0 Å². The first kappa shape index (κ1) is 15.8. The lowest BCUT2D eigenvalue weighted by molar-refractivity contribution is 0.371. The van der Waals surface area contributed by atoms with E-state index in [1.165, 1.54) is 58.8 Å². The summed E-state index contributed by atoms with van der Waals surface area (Å²) in [5.74, 6) is 3.23. The molecule has 1 saturated heterocycles. The molecule has 4 heteroatoms. The van der Waals surface area contributed by atoms with E-state index in [9.17, 15) is 0 Å². The smallest absolute Gasteiger partial charge is 0.0969 e. The number of nitrogens with zero attached hydrogens (tertiary/aromatic N) is 2. The van der Waals surface area contributed by atoms with Crippen LogP contribution in [0.15, 0.2) is 24.3 Å². The molecule has 5 rings (SSSR count). The average Bonchev–Trinajstić information content (AvgIpc) is 3.26. The Kier molecular flexibility index (Phi) is 3.86. The lowest BCUT2D eigenvalue weighted by Gasteiger charge is -2.20. The van der Waals surface area contributed by atoms with Gasteiger partial charge in [-0.15, -0.1) is 11.3 Å². The number of likely N-dealkylation sites (tertiary alicyclic amines) is 1. The van der Waals surface area contributed by atoms with Gasteiger partial charge in [-0.05, 0) is 61.8 Å². The van der Waals surface area contributed by atoms with Crippen LogP contribution in [0.3, 0.4) is 0 Å². The van der Waals surface area contributed by atoms with Crippen molar-refractivity contribution in [2.75, 3.05) is 26.7 Å². The van der Waals surface area contributed by atoms with Crippen molar-refractivity contribution < 1.29 is 0 Å². The number of hydrogen-bond acceptors (Lipinski definition) is 4. The molecule has 132 valence electrons. The van der Waals surface area contributed by atoms with Crippen LogP contribution in [0.25, 0.3) is 15.9 Å². The summed E-state index contributed by atoms with van der Waals surface area (Å²) in [5, 5.41) is 4.95. The summed E-state index contributed by atoms with van der Waals surface area (Å²) < 4.78 is 1.35.